The third-order valence-electron chi connectivity index (χ3n) is 5.33. The minimum absolute atomic E-state index is 0.0148. The van der Waals surface area contributed by atoms with Crippen LogP contribution in [-0.4, -0.2) is 41.2 Å². The van der Waals surface area contributed by atoms with E-state index >= 15 is 0 Å². The molecule has 36 heavy (non-hydrogen) atoms. The molecule has 3 heterocycles. The first kappa shape index (κ1) is 24.6. The number of benzene rings is 1. The molecule has 2 N–H and O–H groups in total. The number of aromatic nitrogens is 6. The Labute approximate surface area is 207 Å². The molecule has 0 spiro atoms. The molecule has 3 aromatic heterocycles. The average Bonchev–Trinajstić information content (AvgIpc) is 3.27. The van der Waals surface area contributed by atoms with E-state index in [0.29, 0.717) is 34.3 Å². The summed E-state index contributed by atoms with van der Waals surface area (Å²) < 4.78 is 13.7. The zero-order valence-electron chi connectivity index (χ0n) is 20.5. The number of carbonyl (C=O) groups excluding carboxylic acids is 1. The van der Waals surface area contributed by atoms with E-state index in [0.717, 1.165) is 6.42 Å². The topological polar surface area (TPSA) is 137 Å². The average molecular weight is 490 g/mol. The van der Waals surface area contributed by atoms with Crippen LogP contribution in [0.5, 0.6) is 11.5 Å². The maximum absolute atomic E-state index is 12.9. The Morgan fingerprint density at radius 3 is 2.67 bits per heavy atom. The normalized spacial score (nSPS) is 11.2. The second-order valence-electron chi connectivity index (χ2n) is 8.70. The molecule has 4 rings (SSSR count). The van der Waals surface area contributed by atoms with E-state index in [9.17, 15) is 9.59 Å². The summed E-state index contributed by atoms with van der Waals surface area (Å²) in [4.78, 5) is 40.4. The van der Waals surface area contributed by atoms with E-state index in [4.69, 9.17) is 9.47 Å². The number of nitrogens with one attached hydrogen (secondary N) is 2. The number of carbonyl (C=O) groups is 1. The Morgan fingerprint density at radius 2 is 1.97 bits per heavy atom. The van der Waals surface area contributed by atoms with Crippen LogP contribution in [0.2, 0.25) is 0 Å². The molecule has 11 heteroatoms. The van der Waals surface area contributed by atoms with Gasteiger partial charge in [0.25, 0.3) is 11.5 Å². The molecule has 0 fully saturated rings. The summed E-state index contributed by atoms with van der Waals surface area (Å²) in [6.45, 7) is 5.92. The molecule has 0 saturated heterocycles. The zero-order chi connectivity index (χ0) is 25.7. The highest BCUT2D eigenvalue weighted by atomic mass is 16.5. The van der Waals surface area contributed by atoms with Gasteiger partial charge >= 0.3 is 0 Å². The van der Waals surface area contributed by atoms with Crippen LogP contribution < -0.4 is 20.3 Å². The molecule has 0 radical (unpaired) electrons. The Morgan fingerprint density at radius 1 is 1.17 bits per heavy atom. The second-order valence-corrected chi connectivity index (χ2v) is 8.70. The number of aromatic amines is 1. The molecule has 0 aliphatic carbocycles. The third-order valence-corrected chi connectivity index (χ3v) is 5.33. The SMILES string of the molecule is CCC(C)(C)Oc1cc(OCc2cc(=O)[nH]c(-c3cnccn3)n2)cc(C(=O)Nc2ccn(C)n2)c1. The summed E-state index contributed by atoms with van der Waals surface area (Å²) in [7, 11) is 1.77. The summed E-state index contributed by atoms with van der Waals surface area (Å²) in [5.74, 6) is 1.21. The fraction of sp³-hybridized carbons (Fsp3) is 0.280. The molecule has 0 bridgehead atoms. The maximum atomic E-state index is 12.9. The molecule has 0 aliphatic heterocycles. The van der Waals surface area contributed by atoms with Crippen molar-refractivity contribution in [2.45, 2.75) is 39.4 Å². The first-order valence-corrected chi connectivity index (χ1v) is 11.4. The summed E-state index contributed by atoms with van der Waals surface area (Å²) in [6.07, 6.45) is 7.04. The van der Waals surface area contributed by atoms with Crippen molar-refractivity contribution in [3.05, 3.63) is 76.7 Å². The summed E-state index contributed by atoms with van der Waals surface area (Å²) in [5, 5.41) is 6.95. The fourth-order valence-corrected chi connectivity index (χ4v) is 3.19. The van der Waals surface area contributed by atoms with Crippen molar-refractivity contribution in [2.24, 2.45) is 7.05 Å². The van der Waals surface area contributed by atoms with Crippen LogP contribution >= 0.6 is 0 Å². The van der Waals surface area contributed by atoms with Crippen molar-refractivity contribution in [2.75, 3.05) is 5.32 Å². The molecule has 0 atom stereocenters. The Bertz CT molecular complexity index is 1410. The largest absolute Gasteiger partial charge is 0.488 e. The van der Waals surface area contributed by atoms with Gasteiger partial charge in [0.15, 0.2) is 11.6 Å². The lowest BCUT2D eigenvalue weighted by Crippen LogP contribution is -2.27. The van der Waals surface area contributed by atoms with E-state index in [1.807, 2.05) is 20.8 Å². The molecule has 0 saturated carbocycles. The summed E-state index contributed by atoms with van der Waals surface area (Å²) in [6, 6.07) is 7.99. The van der Waals surface area contributed by atoms with Crippen molar-refractivity contribution in [3.63, 3.8) is 0 Å². The van der Waals surface area contributed by atoms with E-state index < -0.39 is 5.60 Å². The molecular weight excluding hydrogens is 462 g/mol. The zero-order valence-corrected chi connectivity index (χ0v) is 20.5. The predicted octanol–water partition coefficient (Wildman–Crippen LogP) is 3.36. The van der Waals surface area contributed by atoms with Crippen molar-refractivity contribution in [3.8, 4) is 23.0 Å². The van der Waals surface area contributed by atoms with E-state index in [-0.39, 0.29) is 23.9 Å². The predicted molar refractivity (Wildman–Crippen MR) is 133 cm³/mol. The van der Waals surface area contributed by atoms with E-state index in [1.54, 1.807) is 42.2 Å². The van der Waals surface area contributed by atoms with Gasteiger partial charge in [0.05, 0.1) is 11.9 Å². The molecule has 0 unspecified atom stereocenters. The Hall–Kier alpha value is -4.54. The monoisotopic (exact) mass is 489 g/mol. The molecule has 4 aromatic rings. The number of rotatable bonds is 9. The van der Waals surface area contributed by atoms with Gasteiger partial charge in [-0.25, -0.2) is 9.97 Å². The number of ether oxygens (including phenoxy) is 2. The number of H-pyrrole nitrogens is 1. The third kappa shape index (κ3) is 6.32. The van der Waals surface area contributed by atoms with Gasteiger partial charge in [-0.2, -0.15) is 5.10 Å². The lowest BCUT2D eigenvalue weighted by molar-refractivity contribution is 0.0999. The molecule has 186 valence electrons. The molecule has 1 aromatic carbocycles. The minimum Gasteiger partial charge on any atom is -0.488 e. The van der Waals surface area contributed by atoms with Gasteiger partial charge in [0.2, 0.25) is 0 Å². The lowest BCUT2D eigenvalue weighted by Gasteiger charge is -2.25. The van der Waals surface area contributed by atoms with Gasteiger partial charge in [-0.15, -0.1) is 0 Å². The first-order valence-electron chi connectivity index (χ1n) is 11.4. The standard InChI is InChI=1S/C25H27N7O4/c1-5-25(2,3)36-19-11-16(24(34)29-21-6-9-32(4)31-21)10-18(13-19)35-15-17-12-22(33)30-23(28-17)20-14-26-7-8-27-20/h6-14H,5,15H2,1-4H3,(H,28,30,33)(H,29,31,34). The number of amides is 1. The second kappa shape index (κ2) is 10.4. The number of hydrogen-bond acceptors (Lipinski definition) is 8. The molecule has 0 aliphatic rings. The Balaban J connectivity index is 1.59. The van der Waals surface area contributed by atoms with Gasteiger partial charge in [-0.05, 0) is 32.4 Å². The van der Waals surface area contributed by atoms with Crippen molar-refractivity contribution in [1.82, 2.24) is 29.7 Å². The van der Waals surface area contributed by atoms with Crippen LogP contribution in [0.25, 0.3) is 11.5 Å². The summed E-state index contributed by atoms with van der Waals surface area (Å²) >= 11 is 0. The van der Waals surface area contributed by atoms with Crippen LogP contribution in [0, 0.1) is 0 Å². The summed E-state index contributed by atoms with van der Waals surface area (Å²) in [5.41, 5.74) is 0.356. The Kier molecular flexibility index (Phi) is 7.09. The maximum Gasteiger partial charge on any atom is 0.257 e. The number of hydrogen-bond donors (Lipinski definition) is 2. The number of nitrogens with zero attached hydrogens (tertiary/aromatic N) is 5. The number of anilines is 1. The highest BCUT2D eigenvalue weighted by molar-refractivity contribution is 6.04. The van der Waals surface area contributed by atoms with Crippen LogP contribution in [0.15, 0.2) is 59.9 Å². The fourth-order valence-electron chi connectivity index (χ4n) is 3.19. The molecular formula is C25H27N7O4. The van der Waals surface area contributed by atoms with E-state index in [1.165, 1.54) is 24.7 Å². The van der Waals surface area contributed by atoms with Crippen LogP contribution in [0.1, 0.15) is 43.2 Å². The van der Waals surface area contributed by atoms with Crippen molar-refractivity contribution >= 4 is 11.7 Å². The van der Waals surface area contributed by atoms with Gasteiger partial charge in [-0.1, -0.05) is 6.92 Å². The van der Waals surface area contributed by atoms with Gasteiger partial charge < -0.3 is 19.8 Å². The van der Waals surface area contributed by atoms with Crippen molar-refractivity contribution in [1.29, 1.82) is 0 Å². The van der Waals surface area contributed by atoms with E-state index in [2.05, 4.69) is 30.4 Å². The first-order chi connectivity index (χ1) is 17.2. The highest BCUT2D eigenvalue weighted by Gasteiger charge is 2.19. The lowest BCUT2D eigenvalue weighted by atomic mass is 10.1. The van der Waals surface area contributed by atoms with Gasteiger partial charge in [0.1, 0.15) is 29.4 Å². The highest BCUT2D eigenvalue weighted by Crippen LogP contribution is 2.28. The van der Waals surface area contributed by atoms with Crippen LogP contribution in [0.3, 0.4) is 0 Å². The van der Waals surface area contributed by atoms with Crippen LogP contribution in [0.4, 0.5) is 5.82 Å². The quantitative estimate of drug-likeness (QED) is 0.365. The molecule has 1 amide bonds. The van der Waals surface area contributed by atoms with Gasteiger partial charge in [-0.3, -0.25) is 19.3 Å². The van der Waals surface area contributed by atoms with Gasteiger partial charge in [0, 0.05) is 49.4 Å². The number of aryl methyl sites for hydroxylation is 1. The van der Waals surface area contributed by atoms with Crippen LogP contribution in [-0.2, 0) is 13.7 Å². The molecule has 11 nitrogen and oxygen atoms in total. The smallest absolute Gasteiger partial charge is 0.257 e. The van der Waals surface area contributed by atoms with Crippen molar-refractivity contribution < 1.29 is 14.3 Å². The minimum atomic E-state index is -0.451.